The van der Waals surface area contributed by atoms with Crippen molar-refractivity contribution in [3.05, 3.63) is 0 Å². The summed E-state index contributed by atoms with van der Waals surface area (Å²) in [5.41, 5.74) is 10.4. The Balaban J connectivity index is 4.82. The summed E-state index contributed by atoms with van der Waals surface area (Å²) in [6, 6.07) is -3.23. The van der Waals surface area contributed by atoms with Gasteiger partial charge in [0.1, 0.15) is 12.1 Å². The Morgan fingerprint density at radius 3 is 2.11 bits per heavy atom. The zero-order valence-electron chi connectivity index (χ0n) is 15.2. The molecule has 0 aliphatic rings. The highest BCUT2D eigenvalue weighted by molar-refractivity contribution is 7.80. The third kappa shape index (κ3) is 9.80. The van der Waals surface area contributed by atoms with E-state index >= 15 is 0 Å². The lowest BCUT2D eigenvalue weighted by molar-refractivity contribution is -0.142. The van der Waals surface area contributed by atoms with E-state index in [-0.39, 0.29) is 24.5 Å². The SMILES string of the molecule is CC(C)C(NC(=O)CNC(=O)C(N)CS)C(=O)NC(CCC(N)=O)C(=O)O. The van der Waals surface area contributed by atoms with E-state index in [4.69, 9.17) is 16.6 Å². The van der Waals surface area contributed by atoms with Gasteiger partial charge in [0, 0.05) is 12.2 Å². The number of carboxylic acids is 1. The van der Waals surface area contributed by atoms with Gasteiger partial charge in [-0.15, -0.1) is 0 Å². The molecule has 0 aromatic heterocycles. The van der Waals surface area contributed by atoms with Gasteiger partial charge in [0.15, 0.2) is 0 Å². The highest BCUT2D eigenvalue weighted by Crippen LogP contribution is 2.05. The molecular formula is C15H27N5O6S. The van der Waals surface area contributed by atoms with E-state index in [1.165, 1.54) is 0 Å². The van der Waals surface area contributed by atoms with Crippen LogP contribution >= 0.6 is 12.6 Å². The van der Waals surface area contributed by atoms with Crippen LogP contribution in [0.2, 0.25) is 0 Å². The summed E-state index contributed by atoms with van der Waals surface area (Å²) in [5, 5.41) is 16.1. The van der Waals surface area contributed by atoms with Crippen molar-refractivity contribution in [3.63, 3.8) is 0 Å². The molecule has 8 N–H and O–H groups in total. The van der Waals surface area contributed by atoms with Gasteiger partial charge in [-0.05, 0) is 12.3 Å². The third-order valence-electron chi connectivity index (χ3n) is 3.52. The van der Waals surface area contributed by atoms with Crippen molar-refractivity contribution in [1.29, 1.82) is 0 Å². The van der Waals surface area contributed by atoms with Crippen molar-refractivity contribution >= 4 is 42.2 Å². The van der Waals surface area contributed by atoms with Crippen LogP contribution < -0.4 is 27.4 Å². The summed E-state index contributed by atoms with van der Waals surface area (Å²) in [4.78, 5) is 57.9. The van der Waals surface area contributed by atoms with Gasteiger partial charge in [-0.2, -0.15) is 12.6 Å². The van der Waals surface area contributed by atoms with Gasteiger partial charge < -0.3 is 32.5 Å². The third-order valence-corrected chi connectivity index (χ3v) is 3.91. The van der Waals surface area contributed by atoms with Crippen LogP contribution in [0.15, 0.2) is 0 Å². The van der Waals surface area contributed by atoms with Crippen LogP contribution in [0.3, 0.4) is 0 Å². The van der Waals surface area contributed by atoms with Gasteiger partial charge in [-0.1, -0.05) is 13.8 Å². The molecule has 0 aliphatic carbocycles. The first-order valence-corrected chi connectivity index (χ1v) is 8.87. The van der Waals surface area contributed by atoms with Crippen molar-refractivity contribution in [2.75, 3.05) is 12.3 Å². The minimum atomic E-state index is -1.33. The van der Waals surface area contributed by atoms with Crippen molar-refractivity contribution in [1.82, 2.24) is 16.0 Å². The largest absolute Gasteiger partial charge is 0.480 e. The van der Waals surface area contributed by atoms with E-state index in [2.05, 4.69) is 28.6 Å². The minimum absolute atomic E-state index is 0.104. The van der Waals surface area contributed by atoms with Gasteiger partial charge >= 0.3 is 5.97 Å². The number of carboxylic acid groups (broad SMARTS) is 1. The molecule has 0 saturated carbocycles. The van der Waals surface area contributed by atoms with Gasteiger partial charge in [0.05, 0.1) is 12.6 Å². The Bertz CT molecular complexity index is 571. The zero-order chi connectivity index (χ0) is 21.1. The molecule has 0 radical (unpaired) electrons. The quantitative estimate of drug-likeness (QED) is 0.172. The predicted octanol–water partition coefficient (Wildman–Crippen LogP) is -2.66. The Labute approximate surface area is 162 Å². The average Bonchev–Trinajstić information content (AvgIpc) is 2.59. The molecule has 3 unspecified atom stereocenters. The van der Waals surface area contributed by atoms with E-state index < -0.39 is 54.3 Å². The summed E-state index contributed by atoms with van der Waals surface area (Å²) < 4.78 is 0. The van der Waals surface area contributed by atoms with Gasteiger partial charge in [-0.3, -0.25) is 19.2 Å². The number of hydrogen-bond donors (Lipinski definition) is 7. The number of carbonyl (C=O) groups excluding carboxylic acids is 4. The van der Waals surface area contributed by atoms with Crippen LogP contribution in [-0.2, 0) is 24.0 Å². The number of rotatable bonds is 12. The summed E-state index contributed by atoms with van der Waals surface area (Å²) in [7, 11) is 0. The first kappa shape index (κ1) is 24.7. The van der Waals surface area contributed by atoms with Crippen molar-refractivity contribution in [3.8, 4) is 0 Å². The summed E-state index contributed by atoms with van der Waals surface area (Å²) in [5.74, 6) is -4.23. The maximum absolute atomic E-state index is 12.3. The topological polar surface area (TPSA) is 194 Å². The monoisotopic (exact) mass is 405 g/mol. The Morgan fingerprint density at radius 1 is 1.07 bits per heavy atom. The molecule has 4 amide bonds. The minimum Gasteiger partial charge on any atom is -0.480 e. The van der Waals surface area contributed by atoms with E-state index in [0.717, 1.165) is 0 Å². The molecule has 0 bridgehead atoms. The first-order chi connectivity index (χ1) is 12.5. The average molecular weight is 405 g/mol. The highest BCUT2D eigenvalue weighted by atomic mass is 32.1. The van der Waals surface area contributed by atoms with Crippen LogP contribution in [0.4, 0.5) is 0 Å². The molecule has 0 aromatic rings. The fraction of sp³-hybridized carbons (Fsp3) is 0.667. The predicted molar refractivity (Wildman–Crippen MR) is 99.6 cm³/mol. The van der Waals surface area contributed by atoms with Gasteiger partial charge in [0.25, 0.3) is 0 Å². The summed E-state index contributed by atoms with van der Waals surface area (Å²) in [6.45, 7) is 2.90. The molecule has 3 atom stereocenters. The second kappa shape index (κ2) is 12.1. The number of hydrogen-bond acceptors (Lipinski definition) is 7. The number of nitrogens with one attached hydrogen (secondary N) is 3. The maximum Gasteiger partial charge on any atom is 0.326 e. The van der Waals surface area contributed by atoms with Crippen LogP contribution in [-0.4, -0.2) is 65.1 Å². The lowest BCUT2D eigenvalue weighted by Crippen LogP contribution is -2.55. The summed E-state index contributed by atoms with van der Waals surface area (Å²) >= 11 is 3.87. The molecule has 0 spiro atoms. The fourth-order valence-electron chi connectivity index (χ4n) is 1.95. The van der Waals surface area contributed by atoms with E-state index in [0.29, 0.717) is 0 Å². The fourth-order valence-corrected chi connectivity index (χ4v) is 2.11. The van der Waals surface area contributed by atoms with Crippen molar-refractivity contribution < 1.29 is 29.1 Å². The smallest absolute Gasteiger partial charge is 0.326 e. The summed E-state index contributed by atoms with van der Waals surface area (Å²) in [6.07, 6.45) is -0.389. The molecule has 12 heteroatoms. The molecule has 0 aromatic carbocycles. The number of amides is 4. The Kier molecular flexibility index (Phi) is 11.1. The zero-order valence-corrected chi connectivity index (χ0v) is 16.1. The molecule has 154 valence electrons. The van der Waals surface area contributed by atoms with Crippen LogP contribution in [0.25, 0.3) is 0 Å². The molecule has 0 heterocycles. The van der Waals surface area contributed by atoms with E-state index in [1.54, 1.807) is 13.8 Å². The van der Waals surface area contributed by atoms with Crippen LogP contribution in [0, 0.1) is 5.92 Å². The Morgan fingerprint density at radius 2 is 1.67 bits per heavy atom. The molecule has 0 saturated heterocycles. The number of nitrogens with two attached hydrogens (primary N) is 2. The maximum atomic E-state index is 12.3. The lowest BCUT2D eigenvalue weighted by atomic mass is 10.0. The second-order valence-corrected chi connectivity index (χ2v) is 6.57. The van der Waals surface area contributed by atoms with Crippen LogP contribution in [0.5, 0.6) is 0 Å². The van der Waals surface area contributed by atoms with Crippen molar-refractivity contribution in [2.45, 2.75) is 44.8 Å². The van der Waals surface area contributed by atoms with Gasteiger partial charge in [-0.25, -0.2) is 4.79 Å². The Hall–Kier alpha value is -2.34. The number of aliphatic carboxylic acids is 1. The van der Waals surface area contributed by atoms with E-state index in [9.17, 15) is 24.0 Å². The van der Waals surface area contributed by atoms with Crippen molar-refractivity contribution in [2.24, 2.45) is 17.4 Å². The van der Waals surface area contributed by atoms with E-state index in [1.807, 2.05) is 0 Å². The lowest BCUT2D eigenvalue weighted by Gasteiger charge is -2.24. The second-order valence-electron chi connectivity index (χ2n) is 6.20. The molecular weight excluding hydrogens is 378 g/mol. The van der Waals surface area contributed by atoms with Crippen LogP contribution in [0.1, 0.15) is 26.7 Å². The van der Waals surface area contributed by atoms with Gasteiger partial charge in [0.2, 0.25) is 23.6 Å². The molecule has 0 rings (SSSR count). The normalized spacial score (nSPS) is 14.0. The number of thiol groups is 1. The standard InChI is InChI=1S/C15H27N5O6S/c1-7(2)12(20-11(22)5-18-13(23)8(16)6-27)14(24)19-9(15(25)26)3-4-10(17)21/h7-9,12,27H,3-6,16H2,1-2H3,(H2,17,21)(H,18,23)(H,19,24)(H,20,22)(H,25,26). The molecule has 27 heavy (non-hydrogen) atoms. The highest BCUT2D eigenvalue weighted by Gasteiger charge is 2.28. The number of primary amides is 1. The molecule has 0 aliphatic heterocycles. The molecule has 11 nitrogen and oxygen atoms in total. The number of carbonyl (C=O) groups is 5. The first-order valence-electron chi connectivity index (χ1n) is 8.24. The molecule has 0 fully saturated rings.